The zero-order chi connectivity index (χ0) is 12.3. The topological polar surface area (TPSA) is 73.1 Å². The number of anilines is 1. The average Bonchev–Trinajstić information content (AvgIpc) is 2.20. The molecule has 0 aliphatic carbocycles. The van der Waals surface area contributed by atoms with Gasteiger partial charge in [0.1, 0.15) is 11.6 Å². The number of hydrogen-bond acceptors (Lipinski definition) is 3. The molecular formula is C12H14N2O2. The Kier molecular flexibility index (Phi) is 3.19. The highest BCUT2D eigenvalue weighted by Crippen LogP contribution is 2.23. The molecule has 0 saturated carbocycles. The van der Waals surface area contributed by atoms with Crippen molar-refractivity contribution >= 4 is 11.7 Å². The van der Waals surface area contributed by atoms with Crippen LogP contribution in [0.15, 0.2) is 18.2 Å². The van der Waals surface area contributed by atoms with Gasteiger partial charge in [0.2, 0.25) is 0 Å². The Bertz CT molecular complexity index is 459. The summed E-state index contributed by atoms with van der Waals surface area (Å²) >= 11 is 0. The van der Waals surface area contributed by atoms with Crippen LogP contribution in [0, 0.1) is 18.3 Å². The smallest absolute Gasteiger partial charge is 0.328 e. The van der Waals surface area contributed by atoms with Crippen LogP contribution in [0.5, 0.6) is 0 Å². The molecule has 0 amide bonds. The van der Waals surface area contributed by atoms with Gasteiger partial charge in [-0.25, -0.2) is 4.79 Å². The van der Waals surface area contributed by atoms with Crippen LogP contribution in [0.2, 0.25) is 0 Å². The van der Waals surface area contributed by atoms with E-state index in [1.54, 1.807) is 26.0 Å². The number of rotatable bonds is 3. The summed E-state index contributed by atoms with van der Waals surface area (Å²) in [7, 11) is 0. The first-order valence-electron chi connectivity index (χ1n) is 4.90. The third kappa shape index (κ3) is 2.31. The molecule has 1 aromatic carbocycles. The highest BCUT2D eigenvalue weighted by molar-refractivity contribution is 5.83. The predicted octanol–water partition coefficient (Wildman–Crippen LogP) is 2.14. The van der Waals surface area contributed by atoms with E-state index in [1.165, 1.54) is 0 Å². The highest BCUT2D eigenvalue weighted by Gasteiger charge is 2.27. The predicted molar refractivity (Wildman–Crippen MR) is 61.2 cm³/mol. The van der Waals surface area contributed by atoms with Gasteiger partial charge < -0.3 is 10.4 Å². The molecular weight excluding hydrogens is 204 g/mol. The van der Waals surface area contributed by atoms with Crippen molar-refractivity contribution in [3.05, 3.63) is 29.3 Å². The number of aryl methyl sites for hydroxylation is 1. The zero-order valence-corrected chi connectivity index (χ0v) is 9.53. The molecule has 4 nitrogen and oxygen atoms in total. The monoisotopic (exact) mass is 218 g/mol. The molecule has 84 valence electrons. The van der Waals surface area contributed by atoms with Crippen LogP contribution in [0.1, 0.15) is 25.0 Å². The number of benzene rings is 1. The molecule has 0 heterocycles. The van der Waals surface area contributed by atoms with E-state index in [9.17, 15) is 4.79 Å². The second-order valence-electron chi connectivity index (χ2n) is 4.16. The van der Waals surface area contributed by atoms with Gasteiger partial charge in [-0.15, -0.1) is 0 Å². The fraction of sp³-hybridized carbons (Fsp3) is 0.333. The van der Waals surface area contributed by atoms with Crippen LogP contribution in [0.4, 0.5) is 5.69 Å². The van der Waals surface area contributed by atoms with Crippen LogP contribution in [0.3, 0.4) is 0 Å². The Labute approximate surface area is 94.5 Å². The third-order valence-corrected chi connectivity index (χ3v) is 2.37. The third-order valence-electron chi connectivity index (χ3n) is 2.37. The molecule has 0 fully saturated rings. The number of carboxylic acids is 1. The van der Waals surface area contributed by atoms with E-state index in [1.807, 2.05) is 19.1 Å². The van der Waals surface area contributed by atoms with Gasteiger partial charge in [-0.3, -0.25) is 0 Å². The minimum absolute atomic E-state index is 0.453. The minimum Gasteiger partial charge on any atom is -0.480 e. The standard InChI is InChI=1S/C12H14N2O2/c1-8-5-4-6-9(7-13)10(8)14-12(2,3)11(15)16/h4-6,14H,1-3H3,(H,15,16). The summed E-state index contributed by atoms with van der Waals surface area (Å²) in [6, 6.07) is 7.31. The average molecular weight is 218 g/mol. The maximum absolute atomic E-state index is 11.0. The van der Waals surface area contributed by atoms with Gasteiger partial charge in [0.15, 0.2) is 0 Å². The van der Waals surface area contributed by atoms with Crippen LogP contribution in [-0.4, -0.2) is 16.6 Å². The number of para-hydroxylation sites is 1. The molecule has 2 N–H and O–H groups in total. The van der Waals surface area contributed by atoms with Gasteiger partial charge in [0.25, 0.3) is 0 Å². The maximum atomic E-state index is 11.0. The molecule has 0 bridgehead atoms. The van der Waals surface area contributed by atoms with E-state index >= 15 is 0 Å². The first-order chi connectivity index (χ1) is 7.38. The minimum atomic E-state index is -1.10. The number of carboxylic acid groups (broad SMARTS) is 1. The Hall–Kier alpha value is -2.02. The van der Waals surface area contributed by atoms with Crippen molar-refractivity contribution in [1.82, 2.24) is 0 Å². The first-order valence-corrected chi connectivity index (χ1v) is 4.90. The molecule has 0 aliphatic rings. The molecule has 0 atom stereocenters. The lowest BCUT2D eigenvalue weighted by atomic mass is 10.0. The SMILES string of the molecule is Cc1cccc(C#N)c1NC(C)(C)C(=O)O. The van der Waals surface area contributed by atoms with Gasteiger partial charge >= 0.3 is 5.97 Å². The molecule has 16 heavy (non-hydrogen) atoms. The van der Waals surface area contributed by atoms with Crippen molar-refractivity contribution in [2.75, 3.05) is 5.32 Å². The molecule has 1 rings (SSSR count). The fourth-order valence-corrected chi connectivity index (χ4v) is 1.29. The van der Waals surface area contributed by atoms with Crippen LogP contribution in [0.25, 0.3) is 0 Å². The Balaban J connectivity index is 3.16. The molecule has 0 radical (unpaired) electrons. The molecule has 4 heteroatoms. The number of nitriles is 1. The number of aliphatic carboxylic acids is 1. The molecule has 0 spiro atoms. The lowest BCUT2D eigenvalue weighted by molar-refractivity contribution is -0.141. The van der Waals surface area contributed by atoms with Gasteiger partial charge in [-0.05, 0) is 32.4 Å². The van der Waals surface area contributed by atoms with Crippen molar-refractivity contribution < 1.29 is 9.90 Å². The number of nitrogens with one attached hydrogen (secondary N) is 1. The summed E-state index contributed by atoms with van der Waals surface area (Å²) in [6.07, 6.45) is 0. The number of nitrogens with zero attached hydrogens (tertiary/aromatic N) is 1. The lowest BCUT2D eigenvalue weighted by Gasteiger charge is -2.24. The molecule has 0 unspecified atom stereocenters. The van der Waals surface area contributed by atoms with Crippen molar-refractivity contribution in [3.8, 4) is 6.07 Å². The fourth-order valence-electron chi connectivity index (χ4n) is 1.29. The number of carbonyl (C=O) groups is 1. The van der Waals surface area contributed by atoms with Crippen LogP contribution < -0.4 is 5.32 Å². The number of hydrogen-bond donors (Lipinski definition) is 2. The van der Waals surface area contributed by atoms with Crippen LogP contribution >= 0.6 is 0 Å². The normalized spacial score (nSPS) is 10.6. The van der Waals surface area contributed by atoms with Gasteiger partial charge in [0, 0.05) is 0 Å². The van der Waals surface area contributed by atoms with Crippen molar-refractivity contribution in [2.45, 2.75) is 26.3 Å². The second kappa shape index (κ2) is 4.23. The summed E-state index contributed by atoms with van der Waals surface area (Å²) in [5.74, 6) is -0.959. The summed E-state index contributed by atoms with van der Waals surface area (Å²) in [5.41, 5.74) is 0.789. The maximum Gasteiger partial charge on any atom is 0.328 e. The van der Waals surface area contributed by atoms with E-state index < -0.39 is 11.5 Å². The molecule has 0 aromatic heterocycles. The Morgan fingerprint density at radius 3 is 2.62 bits per heavy atom. The molecule has 0 aliphatic heterocycles. The van der Waals surface area contributed by atoms with Crippen LogP contribution in [-0.2, 0) is 4.79 Å². The highest BCUT2D eigenvalue weighted by atomic mass is 16.4. The molecule has 0 saturated heterocycles. The van der Waals surface area contributed by atoms with Gasteiger partial charge in [-0.2, -0.15) is 5.26 Å². The summed E-state index contributed by atoms with van der Waals surface area (Å²) in [6.45, 7) is 4.95. The first kappa shape index (κ1) is 12.1. The van der Waals surface area contributed by atoms with Gasteiger partial charge in [-0.1, -0.05) is 12.1 Å². The van der Waals surface area contributed by atoms with Crippen molar-refractivity contribution in [2.24, 2.45) is 0 Å². The summed E-state index contributed by atoms with van der Waals surface area (Å²) < 4.78 is 0. The second-order valence-corrected chi connectivity index (χ2v) is 4.16. The van der Waals surface area contributed by atoms with E-state index in [4.69, 9.17) is 10.4 Å². The Morgan fingerprint density at radius 1 is 1.50 bits per heavy atom. The molecule has 1 aromatic rings. The van der Waals surface area contributed by atoms with E-state index in [0.29, 0.717) is 11.3 Å². The van der Waals surface area contributed by atoms with Gasteiger partial charge in [0.05, 0.1) is 11.3 Å². The summed E-state index contributed by atoms with van der Waals surface area (Å²) in [4.78, 5) is 11.0. The largest absolute Gasteiger partial charge is 0.480 e. The van der Waals surface area contributed by atoms with E-state index in [2.05, 4.69) is 5.32 Å². The quantitative estimate of drug-likeness (QED) is 0.815. The van der Waals surface area contributed by atoms with E-state index in [-0.39, 0.29) is 0 Å². The summed E-state index contributed by atoms with van der Waals surface area (Å²) in [5, 5.41) is 20.8. The zero-order valence-electron chi connectivity index (χ0n) is 9.53. The van der Waals surface area contributed by atoms with E-state index in [0.717, 1.165) is 5.56 Å². The Morgan fingerprint density at radius 2 is 2.12 bits per heavy atom. The van der Waals surface area contributed by atoms with Crippen molar-refractivity contribution in [3.63, 3.8) is 0 Å². The van der Waals surface area contributed by atoms with Crippen molar-refractivity contribution in [1.29, 1.82) is 5.26 Å². The lowest BCUT2D eigenvalue weighted by Crippen LogP contribution is -2.40.